The maximum atomic E-state index is 12.6. The molecule has 0 saturated carbocycles. The Morgan fingerprint density at radius 2 is 1.82 bits per heavy atom. The lowest BCUT2D eigenvalue weighted by molar-refractivity contribution is 0.101. The van der Waals surface area contributed by atoms with Crippen LogP contribution in [0.1, 0.15) is 61.2 Å². The van der Waals surface area contributed by atoms with Crippen LogP contribution in [-0.2, 0) is 27.6 Å². The molecule has 0 aliphatic rings. The van der Waals surface area contributed by atoms with Crippen LogP contribution >= 0.6 is 0 Å². The molecule has 0 aliphatic heterocycles. The van der Waals surface area contributed by atoms with Crippen LogP contribution in [0.15, 0.2) is 66.9 Å². The first-order valence-electron chi connectivity index (χ1n) is 12.6. The smallest absolute Gasteiger partial charge is 0.163 e. The number of sulfone groups is 1. The number of carbonyl (C=O) groups excluding carboxylic acids is 1. The molecule has 0 spiro atoms. The standard InChI is InChI=1S/C31H33NO5S/c1-6-9-26-28(14-13-25(20(2)33)30(26)34)37-19-21-10-7-11-22(16-21)27-18-24(31(3,4)38(5,35)36)17-23-12-8-15-32-29(23)27/h7-8,10-18,34H,6,9,19H2,1-5H3. The summed E-state index contributed by atoms with van der Waals surface area (Å²) in [6.45, 7) is 7.12. The van der Waals surface area contributed by atoms with Crippen molar-refractivity contribution in [1.29, 1.82) is 0 Å². The van der Waals surface area contributed by atoms with E-state index in [2.05, 4.69) is 4.98 Å². The molecule has 0 radical (unpaired) electrons. The Hall–Kier alpha value is -3.71. The van der Waals surface area contributed by atoms with Gasteiger partial charge in [-0.1, -0.05) is 37.6 Å². The molecule has 198 valence electrons. The third-order valence-electron chi connectivity index (χ3n) is 7.08. The summed E-state index contributed by atoms with van der Waals surface area (Å²) in [5.41, 5.74) is 5.03. The van der Waals surface area contributed by atoms with Gasteiger partial charge in [-0.25, -0.2) is 8.42 Å². The van der Waals surface area contributed by atoms with Gasteiger partial charge in [-0.05, 0) is 80.3 Å². The number of pyridine rings is 1. The van der Waals surface area contributed by atoms with Gasteiger partial charge >= 0.3 is 0 Å². The summed E-state index contributed by atoms with van der Waals surface area (Å²) >= 11 is 0. The van der Waals surface area contributed by atoms with Gasteiger partial charge in [0.05, 0.1) is 15.8 Å². The second-order valence-electron chi connectivity index (χ2n) is 10.1. The summed E-state index contributed by atoms with van der Waals surface area (Å²) in [4.78, 5) is 16.5. The minimum atomic E-state index is -3.37. The molecule has 1 aromatic heterocycles. The van der Waals surface area contributed by atoms with Crippen LogP contribution < -0.4 is 4.74 Å². The van der Waals surface area contributed by atoms with Gasteiger partial charge in [-0.2, -0.15) is 0 Å². The number of benzene rings is 3. The molecule has 1 heterocycles. The number of hydrogen-bond acceptors (Lipinski definition) is 6. The van der Waals surface area contributed by atoms with Crippen molar-refractivity contribution in [3.8, 4) is 22.6 Å². The Labute approximate surface area is 224 Å². The fraction of sp³-hybridized carbons (Fsp3) is 0.290. The molecule has 38 heavy (non-hydrogen) atoms. The average molecular weight is 532 g/mol. The summed E-state index contributed by atoms with van der Waals surface area (Å²) in [7, 11) is -3.37. The fourth-order valence-electron chi connectivity index (χ4n) is 4.49. The van der Waals surface area contributed by atoms with Crippen LogP contribution in [0.4, 0.5) is 0 Å². The zero-order valence-electron chi connectivity index (χ0n) is 22.4. The quantitative estimate of drug-likeness (QED) is 0.244. The van der Waals surface area contributed by atoms with Crippen molar-refractivity contribution in [1.82, 2.24) is 4.98 Å². The van der Waals surface area contributed by atoms with Crippen molar-refractivity contribution in [2.24, 2.45) is 0 Å². The predicted molar refractivity (Wildman–Crippen MR) is 151 cm³/mol. The van der Waals surface area contributed by atoms with E-state index < -0.39 is 14.6 Å². The molecule has 3 aromatic carbocycles. The first kappa shape index (κ1) is 27.3. The molecule has 0 aliphatic carbocycles. The minimum Gasteiger partial charge on any atom is -0.507 e. The zero-order valence-corrected chi connectivity index (χ0v) is 23.2. The van der Waals surface area contributed by atoms with Gasteiger partial charge in [0.15, 0.2) is 15.6 Å². The number of phenols is 1. The Morgan fingerprint density at radius 1 is 1.05 bits per heavy atom. The molecule has 0 bridgehead atoms. The highest BCUT2D eigenvalue weighted by Crippen LogP contribution is 2.37. The van der Waals surface area contributed by atoms with Gasteiger partial charge in [-0.15, -0.1) is 0 Å². The van der Waals surface area contributed by atoms with Crippen molar-refractivity contribution in [3.63, 3.8) is 0 Å². The van der Waals surface area contributed by atoms with Crippen molar-refractivity contribution in [2.75, 3.05) is 6.26 Å². The highest BCUT2D eigenvalue weighted by molar-refractivity contribution is 7.91. The number of nitrogens with zero attached hydrogens (tertiary/aromatic N) is 1. The maximum Gasteiger partial charge on any atom is 0.163 e. The highest BCUT2D eigenvalue weighted by Gasteiger charge is 2.33. The minimum absolute atomic E-state index is 0.0200. The first-order chi connectivity index (χ1) is 17.9. The largest absolute Gasteiger partial charge is 0.507 e. The Morgan fingerprint density at radius 3 is 2.50 bits per heavy atom. The van der Waals surface area contributed by atoms with E-state index in [9.17, 15) is 18.3 Å². The molecule has 0 fully saturated rings. The predicted octanol–water partition coefficient (Wildman–Crippen LogP) is 6.62. The van der Waals surface area contributed by atoms with Gasteiger partial charge in [0.1, 0.15) is 18.1 Å². The lowest BCUT2D eigenvalue weighted by Gasteiger charge is -2.24. The van der Waals surface area contributed by atoms with Crippen LogP contribution in [0.5, 0.6) is 11.5 Å². The number of ketones is 1. The van der Waals surface area contributed by atoms with Gasteiger partial charge < -0.3 is 9.84 Å². The van der Waals surface area contributed by atoms with Crippen molar-refractivity contribution in [3.05, 3.63) is 89.1 Å². The third kappa shape index (κ3) is 5.29. The number of carbonyl (C=O) groups is 1. The van der Waals surface area contributed by atoms with Crippen LogP contribution in [0, 0.1) is 0 Å². The van der Waals surface area contributed by atoms with E-state index in [1.165, 1.54) is 13.2 Å². The number of rotatable bonds is 9. The number of aromatic nitrogens is 1. The van der Waals surface area contributed by atoms with E-state index in [4.69, 9.17) is 4.74 Å². The molecular weight excluding hydrogens is 498 g/mol. The Balaban J connectivity index is 1.73. The van der Waals surface area contributed by atoms with Gasteiger partial charge in [0, 0.05) is 29.0 Å². The van der Waals surface area contributed by atoms with Crippen LogP contribution in [0.25, 0.3) is 22.0 Å². The lowest BCUT2D eigenvalue weighted by atomic mass is 9.93. The lowest BCUT2D eigenvalue weighted by Crippen LogP contribution is -2.28. The summed E-state index contributed by atoms with van der Waals surface area (Å²) in [6.07, 6.45) is 4.36. The van der Waals surface area contributed by atoms with E-state index >= 15 is 0 Å². The molecule has 0 saturated heterocycles. The van der Waals surface area contributed by atoms with E-state index in [0.29, 0.717) is 28.9 Å². The topological polar surface area (TPSA) is 93.6 Å². The number of phenolic OH excluding ortho intramolecular Hbond substituents is 1. The molecule has 0 unspecified atom stereocenters. The second kappa shape index (κ2) is 10.6. The number of aromatic hydroxyl groups is 1. The van der Waals surface area contributed by atoms with Gasteiger partial charge in [-0.3, -0.25) is 9.78 Å². The summed E-state index contributed by atoms with van der Waals surface area (Å²) in [5.74, 6) is 0.332. The number of Topliss-reactive ketones (excluding diaryl/α,β-unsaturated/α-hetero) is 1. The van der Waals surface area contributed by atoms with Crippen molar-refractivity contribution < 1.29 is 23.1 Å². The van der Waals surface area contributed by atoms with Gasteiger partial charge in [0.2, 0.25) is 0 Å². The molecule has 7 heteroatoms. The summed E-state index contributed by atoms with van der Waals surface area (Å²) in [6, 6.07) is 18.8. The Bertz CT molecular complexity index is 1620. The zero-order chi connectivity index (χ0) is 27.7. The molecule has 6 nitrogen and oxygen atoms in total. The van der Waals surface area contributed by atoms with Crippen molar-refractivity contribution >= 4 is 26.5 Å². The SMILES string of the molecule is CCCc1c(OCc2cccc(-c3cc(C(C)(C)S(C)(=O)=O)cc4cccnc34)c2)ccc(C(C)=O)c1O. The average Bonchev–Trinajstić information content (AvgIpc) is 2.87. The number of fused-ring (bicyclic) bond motifs is 1. The summed E-state index contributed by atoms with van der Waals surface area (Å²) in [5, 5.41) is 11.5. The maximum absolute atomic E-state index is 12.6. The van der Waals surface area contributed by atoms with Gasteiger partial charge in [0.25, 0.3) is 0 Å². The second-order valence-corrected chi connectivity index (χ2v) is 12.7. The third-order valence-corrected chi connectivity index (χ3v) is 9.17. The molecule has 4 rings (SSSR count). The normalized spacial score (nSPS) is 12.0. The molecule has 1 N–H and O–H groups in total. The monoisotopic (exact) mass is 531 g/mol. The van der Waals surface area contributed by atoms with Crippen molar-refractivity contribution in [2.45, 2.75) is 51.9 Å². The van der Waals surface area contributed by atoms with E-state index in [-0.39, 0.29) is 18.1 Å². The van der Waals surface area contributed by atoms with Crippen LogP contribution in [0.3, 0.4) is 0 Å². The first-order valence-corrected chi connectivity index (χ1v) is 14.5. The highest BCUT2D eigenvalue weighted by atomic mass is 32.2. The van der Waals surface area contributed by atoms with E-state index in [0.717, 1.165) is 34.0 Å². The fourth-order valence-corrected chi connectivity index (χ4v) is 5.04. The number of ether oxygens (including phenoxy) is 1. The molecule has 0 amide bonds. The van der Waals surface area contributed by atoms with Crippen LogP contribution in [-0.4, -0.2) is 30.5 Å². The number of hydrogen-bond donors (Lipinski definition) is 1. The summed E-state index contributed by atoms with van der Waals surface area (Å²) < 4.78 is 30.3. The van der Waals surface area contributed by atoms with Crippen LogP contribution in [0.2, 0.25) is 0 Å². The Kier molecular flexibility index (Phi) is 7.61. The molecule has 0 atom stereocenters. The molecule has 4 aromatic rings. The van der Waals surface area contributed by atoms with E-state index in [1.54, 1.807) is 32.2 Å². The molecular formula is C31H33NO5S. The van der Waals surface area contributed by atoms with E-state index in [1.807, 2.05) is 55.5 Å².